The first-order valence-corrected chi connectivity index (χ1v) is 11.3. The number of nitrogens with zero attached hydrogens (tertiary/aromatic N) is 1. The summed E-state index contributed by atoms with van der Waals surface area (Å²) in [6, 6.07) is 7.40. The van der Waals surface area contributed by atoms with E-state index in [-0.39, 0.29) is 11.8 Å². The van der Waals surface area contributed by atoms with E-state index in [2.05, 4.69) is 29.4 Å². The van der Waals surface area contributed by atoms with Crippen molar-refractivity contribution in [3.63, 3.8) is 0 Å². The zero-order valence-electron chi connectivity index (χ0n) is 19.1. The second kappa shape index (κ2) is 14.4. The van der Waals surface area contributed by atoms with Crippen LogP contribution in [0.5, 0.6) is 0 Å². The van der Waals surface area contributed by atoms with E-state index >= 15 is 0 Å². The fraction of sp³-hybridized carbons (Fsp3) is 0.480. The third-order valence-corrected chi connectivity index (χ3v) is 4.77. The summed E-state index contributed by atoms with van der Waals surface area (Å²) in [6.07, 6.45) is 5.19. The maximum atomic E-state index is 13.4. The summed E-state index contributed by atoms with van der Waals surface area (Å²) >= 11 is 3.42. The van der Waals surface area contributed by atoms with Gasteiger partial charge in [0.15, 0.2) is 6.23 Å². The molecule has 0 heterocycles. The minimum absolute atomic E-state index is 0.0558. The second-order valence-electron chi connectivity index (χ2n) is 7.16. The molecule has 1 aromatic carbocycles. The number of carbonyl (C=O) groups excluding carboxylic acids is 1. The monoisotopic (exact) mass is 463 g/mol. The van der Waals surface area contributed by atoms with Crippen LogP contribution in [-0.2, 0) is 4.79 Å². The van der Waals surface area contributed by atoms with Gasteiger partial charge < -0.3 is 5.11 Å². The zero-order valence-corrected chi connectivity index (χ0v) is 20.7. The van der Waals surface area contributed by atoms with Crippen LogP contribution in [0.25, 0.3) is 0 Å². The lowest BCUT2D eigenvalue weighted by molar-refractivity contribution is -0.142. The number of hydrogen-bond donors (Lipinski definition) is 1. The van der Waals surface area contributed by atoms with Crippen LogP contribution in [0.4, 0.5) is 0 Å². The van der Waals surface area contributed by atoms with Crippen molar-refractivity contribution in [1.29, 1.82) is 0 Å². The number of amides is 1. The smallest absolute Gasteiger partial charge is 0.232 e. The molecule has 0 fully saturated rings. The van der Waals surface area contributed by atoms with Gasteiger partial charge in [0, 0.05) is 21.7 Å². The number of benzene rings is 1. The highest BCUT2D eigenvalue weighted by atomic mass is 79.9. The summed E-state index contributed by atoms with van der Waals surface area (Å²) in [4.78, 5) is 14.9. The van der Waals surface area contributed by atoms with E-state index in [0.717, 1.165) is 34.9 Å². The van der Waals surface area contributed by atoms with E-state index in [1.165, 1.54) is 4.90 Å². The topological polar surface area (TPSA) is 40.5 Å². The summed E-state index contributed by atoms with van der Waals surface area (Å²) < 4.78 is 0.927. The van der Waals surface area contributed by atoms with Gasteiger partial charge in [-0.15, -0.1) is 0 Å². The van der Waals surface area contributed by atoms with Gasteiger partial charge in [0.2, 0.25) is 5.91 Å². The van der Waals surface area contributed by atoms with Gasteiger partial charge in [-0.1, -0.05) is 79.9 Å². The van der Waals surface area contributed by atoms with Crippen molar-refractivity contribution in [2.24, 2.45) is 5.92 Å². The molecule has 0 saturated carbocycles. The maximum Gasteiger partial charge on any atom is 0.232 e. The van der Waals surface area contributed by atoms with Crippen molar-refractivity contribution < 1.29 is 9.90 Å². The summed E-state index contributed by atoms with van der Waals surface area (Å²) in [5.41, 5.74) is 3.21. The highest BCUT2D eigenvalue weighted by molar-refractivity contribution is 9.10. The average molecular weight is 464 g/mol. The van der Waals surface area contributed by atoms with E-state index in [9.17, 15) is 9.90 Å². The van der Waals surface area contributed by atoms with Gasteiger partial charge in [0.05, 0.1) is 0 Å². The summed E-state index contributed by atoms with van der Waals surface area (Å²) in [5, 5.41) is 11.1. The van der Waals surface area contributed by atoms with Crippen molar-refractivity contribution in [2.75, 3.05) is 0 Å². The van der Waals surface area contributed by atoms with E-state index in [1.807, 2.05) is 78.0 Å². The van der Waals surface area contributed by atoms with Gasteiger partial charge in [-0.3, -0.25) is 9.69 Å². The van der Waals surface area contributed by atoms with Crippen molar-refractivity contribution >= 4 is 21.8 Å². The largest absolute Gasteiger partial charge is 0.369 e. The predicted molar refractivity (Wildman–Crippen MR) is 128 cm³/mol. The van der Waals surface area contributed by atoms with Gasteiger partial charge >= 0.3 is 0 Å². The molecule has 2 unspecified atom stereocenters. The second-order valence-corrected chi connectivity index (χ2v) is 8.08. The molecule has 0 radical (unpaired) electrons. The molecule has 0 aromatic heterocycles. The lowest BCUT2D eigenvalue weighted by atomic mass is 9.97. The number of carbonyl (C=O) groups is 1. The average Bonchev–Trinajstić information content (AvgIpc) is 2.67. The molecule has 0 aliphatic heterocycles. The fourth-order valence-corrected chi connectivity index (χ4v) is 3.21. The molecular weight excluding hydrogens is 426 g/mol. The Morgan fingerprint density at radius 1 is 1.14 bits per heavy atom. The first-order valence-electron chi connectivity index (χ1n) is 10.5. The van der Waals surface area contributed by atoms with E-state index in [4.69, 9.17) is 0 Å². The molecule has 0 aliphatic rings. The third kappa shape index (κ3) is 9.14. The molecule has 4 heteroatoms. The van der Waals surface area contributed by atoms with Gasteiger partial charge in [0.1, 0.15) is 0 Å². The van der Waals surface area contributed by atoms with E-state index < -0.39 is 6.23 Å². The van der Waals surface area contributed by atoms with E-state index in [0.29, 0.717) is 11.3 Å². The standard InChI is InChI=1S/C23H32BrNO2.C2H6/c1-7-9-18(8-2)22(26)25(21(14-16(3)4)15-17(5)6)23(27)19-10-12-20(24)13-11-19;1-2/h10-15,18,23,27H,3,7-9H2,1-2,4-6H3;1-2H3/b21-14+;. The molecule has 1 rings (SSSR count). The Kier molecular flexibility index (Phi) is 13.5. The number of hydrogen-bond acceptors (Lipinski definition) is 2. The minimum atomic E-state index is -1.06. The Hall–Kier alpha value is -1.65. The van der Waals surface area contributed by atoms with Crippen LogP contribution in [0, 0.1) is 5.92 Å². The summed E-state index contributed by atoms with van der Waals surface area (Å²) in [5.74, 6) is -0.182. The number of allylic oxidation sites excluding steroid dienone is 4. The van der Waals surface area contributed by atoms with Crippen LogP contribution in [-0.4, -0.2) is 15.9 Å². The Morgan fingerprint density at radius 3 is 2.10 bits per heavy atom. The Balaban J connectivity index is 0.00000379. The molecule has 1 amide bonds. The van der Waals surface area contributed by atoms with Gasteiger partial charge in [-0.05, 0) is 57.9 Å². The number of aliphatic hydroxyl groups is 1. The third-order valence-electron chi connectivity index (χ3n) is 4.24. The maximum absolute atomic E-state index is 13.4. The van der Waals surface area contributed by atoms with Crippen molar-refractivity contribution in [3.8, 4) is 0 Å². The number of halogens is 1. The highest BCUT2D eigenvalue weighted by Crippen LogP contribution is 2.29. The minimum Gasteiger partial charge on any atom is -0.369 e. The van der Waals surface area contributed by atoms with Crippen molar-refractivity contribution in [1.82, 2.24) is 4.90 Å². The van der Waals surface area contributed by atoms with Crippen LogP contribution >= 0.6 is 15.9 Å². The Morgan fingerprint density at radius 2 is 1.69 bits per heavy atom. The molecule has 29 heavy (non-hydrogen) atoms. The predicted octanol–water partition coefficient (Wildman–Crippen LogP) is 7.55. The number of rotatable bonds is 9. The molecule has 1 aromatic rings. The molecule has 2 atom stereocenters. The first kappa shape index (κ1) is 27.4. The highest BCUT2D eigenvalue weighted by Gasteiger charge is 2.30. The first-order chi connectivity index (χ1) is 13.7. The molecule has 0 bridgehead atoms. The SMILES string of the molecule is C=C(C)/C=C(\C=C(C)C)N(C(=O)C(CC)CCC)C(O)c1ccc(Br)cc1.CC. The van der Waals surface area contributed by atoms with E-state index in [1.54, 1.807) is 0 Å². The Labute approximate surface area is 186 Å². The fourth-order valence-electron chi connectivity index (χ4n) is 2.95. The van der Waals surface area contributed by atoms with Gasteiger partial charge in [-0.25, -0.2) is 0 Å². The van der Waals surface area contributed by atoms with Crippen LogP contribution in [0.1, 0.15) is 79.5 Å². The lowest BCUT2D eigenvalue weighted by Crippen LogP contribution is -2.38. The molecule has 162 valence electrons. The van der Waals surface area contributed by atoms with Crippen molar-refractivity contribution in [3.05, 3.63) is 69.9 Å². The molecule has 3 nitrogen and oxygen atoms in total. The summed E-state index contributed by atoms with van der Waals surface area (Å²) in [7, 11) is 0. The quantitative estimate of drug-likeness (QED) is 0.303. The molecule has 1 N–H and O–H groups in total. The van der Waals surface area contributed by atoms with Gasteiger partial charge in [-0.2, -0.15) is 0 Å². The molecule has 0 aliphatic carbocycles. The van der Waals surface area contributed by atoms with Crippen LogP contribution in [0.3, 0.4) is 0 Å². The summed E-state index contributed by atoms with van der Waals surface area (Å²) in [6.45, 7) is 17.9. The normalized spacial score (nSPS) is 12.9. The zero-order chi connectivity index (χ0) is 22.6. The van der Waals surface area contributed by atoms with Crippen LogP contribution in [0.15, 0.2) is 64.3 Å². The number of aliphatic hydroxyl groups excluding tert-OH is 1. The molecular formula is C25H38BrNO2. The Bertz CT molecular complexity index is 700. The van der Waals surface area contributed by atoms with Gasteiger partial charge in [0.25, 0.3) is 0 Å². The van der Waals surface area contributed by atoms with Crippen LogP contribution < -0.4 is 0 Å². The molecule has 0 saturated heterocycles. The molecule has 0 spiro atoms. The lowest BCUT2D eigenvalue weighted by Gasteiger charge is -2.32. The van der Waals surface area contributed by atoms with Crippen molar-refractivity contribution in [2.45, 2.75) is 74.0 Å². The van der Waals surface area contributed by atoms with Crippen LogP contribution in [0.2, 0.25) is 0 Å².